The maximum atomic E-state index is 11.8. The Morgan fingerprint density at radius 3 is 2.56 bits per heavy atom. The number of hydrogen-bond donors (Lipinski definition) is 2. The Morgan fingerprint density at radius 2 is 1.92 bits per heavy atom. The second kappa shape index (κ2) is 10.3. The summed E-state index contributed by atoms with van der Waals surface area (Å²) < 4.78 is 16.7. The SMILES string of the molecule is CC(C)(C)OC(=O)NC1CCC(OCCCNCC2CCOC2)CC1. The van der Waals surface area contributed by atoms with Crippen LogP contribution < -0.4 is 10.6 Å². The van der Waals surface area contributed by atoms with Crippen molar-refractivity contribution in [1.29, 1.82) is 0 Å². The summed E-state index contributed by atoms with van der Waals surface area (Å²) in [5, 5.41) is 6.46. The molecule has 2 rings (SSSR count). The van der Waals surface area contributed by atoms with E-state index in [9.17, 15) is 4.79 Å². The van der Waals surface area contributed by atoms with Gasteiger partial charge in [-0.1, -0.05) is 0 Å². The Morgan fingerprint density at radius 1 is 1.16 bits per heavy atom. The molecule has 0 aromatic heterocycles. The number of carbonyl (C=O) groups excluding carboxylic acids is 1. The van der Waals surface area contributed by atoms with E-state index < -0.39 is 5.60 Å². The topological polar surface area (TPSA) is 68.8 Å². The molecule has 1 unspecified atom stereocenters. The number of nitrogens with one attached hydrogen (secondary N) is 2. The van der Waals surface area contributed by atoms with Gasteiger partial charge >= 0.3 is 6.09 Å². The third kappa shape index (κ3) is 8.88. The van der Waals surface area contributed by atoms with Gasteiger partial charge in [-0.15, -0.1) is 0 Å². The Hall–Kier alpha value is -0.850. The molecule has 2 N–H and O–H groups in total. The number of amides is 1. The van der Waals surface area contributed by atoms with Crippen LogP contribution in [0.3, 0.4) is 0 Å². The highest BCUT2D eigenvalue weighted by Crippen LogP contribution is 2.22. The van der Waals surface area contributed by atoms with Crippen molar-refractivity contribution >= 4 is 6.09 Å². The van der Waals surface area contributed by atoms with E-state index in [0.29, 0.717) is 12.0 Å². The summed E-state index contributed by atoms with van der Waals surface area (Å²) in [5.41, 5.74) is -0.441. The highest BCUT2D eigenvalue weighted by molar-refractivity contribution is 5.68. The predicted molar refractivity (Wildman–Crippen MR) is 97.8 cm³/mol. The minimum atomic E-state index is -0.441. The molecule has 146 valence electrons. The molecule has 6 heteroatoms. The van der Waals surface area contributed by atoms with E-state index in [4.69, 9.17) is 14.2 Å². The Kier molecular flexibility index (Phi) is 8.46. The molecule has 0 aromatic rings. The quantitative estimate of drug-likeness (QED) is 0.655. The molecule has 1 aliphatic carbocycles. The van der Waals surface area contributed by atoms with Gasteiger partial charge in [0.05, 0.1) is 12.7 Å². The second-order valence-corrected chi connectivity index (χ2v) is 8.28. The smallest absolute Gasteiger partial charge is 0.407 e. The maximum Gasteiger partial charge on any atom is 0.407 e. The normalized spacial score (nSPS) is 27.2. The fourth-order valence-corrected chi connectivity index (χ4v) is 3.35. The number of carbonyl (C=O) groups is 1. The summed E-state index contributed by atoms with van der Waals surface area (Å²) in [6, 6.07) is 0.213. The van der Waals surface area contributed by atoms with Crippen molar-refractivity contribution in [2.75, 3.05) is 32.9 Å². The third-order valence-corrected chi connectivity index (χ3v) is 4.70. The van der Waals surface area contributed by atoms with E-state index in [2.05, 4.69) is 10.6 Å². The van der Waals surface area contributed by atoms with Gasteiger partial charge in [0.25, 0.3) is 0 Å². The van der Waals surface area contributed by atoms with Crippen LogP contribution in [0.5, 0.6) is 0 Å². The molecule has 2 fully saturated rings. The summed E-state index contributed by atoms with van der Waals surface area (Å²) in [4.78, 5) is 11.8. The van der Waals surface area contributed by atoms with Crippen LogP contribution in [0.1, 0.15) is 59.3 Å². The molecule has 1 heterocycles. The number of hydrogen-bond acceptors (Lipinski definition) is 5. The molecule has 25 heavy (non-hydrogen) atoms. The van der Waals surface area contributed by atoms with Crippen molar-refractivity contribution in [2.45, 2.75) is 77.0 Å². The van der Waals surface area contributed by atoms with E-state index >= 15 is 0 Å². The van der Waals surface area contributed by atoms with Crippen LogP contribution in [-0.2, 0) is 14.2 Å². The summed E-state index contributed by atoms with van der Waals surface area (Å²) >= 11 is 0. The Bertz CT molecular complexity index is 383. The number of alkyl carbamates (subject to hydrolysis) is 1. The van der Waals surface area contributed by atoms with Crippen LogP contribution in [0.4, 0.5) is 4.79 Å². The van der Waals surface area contributed by atoms with E-state index in [1.165, 1.54) is 6.42 Å². The lowest BCUT2D eigenvalue weighted by atomic mass is 9.93. The molecule has 1 saturated carbocycles. The summed E-state index contributed by atoms with van der Waals surface area (Å²) in [5.74, 6) is 0.689. The summed E-state index contributed by atoms with van der Waals surface area (Å²) in [6.07, 6.45) is 6.19. The van der Waals surface area contributed by atoms with Gasteiger partial charge in [-0.3, -0.25) is 0 Å². The average Bonchev–Trinajstić information content (AvgIpc) is 3.04. The standard InChI is InChI=1S/C19H36N2O4/c1-19(2,3)25-18(22)21-16-5-7-17(8-6-16)24-11-4-10-20-13-15-9-12-23-14-15/h15-17,20H,4-14H2,1-3H3,(H,21,22). The molecule has 1 aliphatic heterocycles. The minimum Gasteiger partial charge on any atom is -0.444 e. The van der Waals surface area contributed by atoms with E-state index in [0.717, 1.165) is 65.0 Å². The molecular weight excluding hydrogens is 320 g/mol. The Labute approximate surface area is 152 Å². The molecule has 1 amide bonds. The van der Waals surface area contributed by atoms with Gasteiger partial charge in [0.15, 0.2) is 0 Å². The summed E-state index contributed by atoms with van der Waals surface area (Å²) in [7, 11) is 0. The molecular formula is C19H36N2O4. The zero-order valence-electron chi connectivity index (χ0n) is 16.1. The van der Waals surface area contributed by atoms with Crippen LogP contribution in [0.25, 0.3) is 0 Å². The monoisotopic (exact) mass is 356 g/mol. The molecule has 0 aromatic carbocycles. The van der Waals surface area contributed by atoms with Crippen molar-refractivity contribution in [1.82, 2.24) is 10.6 Å². The van der Waals surface area contributed by atoms with Gasteiger partial charge in [-0.05, 0) is 71.8 Å². The zero-order valence-corrected chi connectivity index (χ0v) is 16.1. The van der Waals surface area contributed by atoms with Crippen molar-refractivity contribution < 1.29 is 19.0 Å². The van der Waals surface area contributed by atoms with Crippen LogP contribution in [0, 0.1) is 5.92 Å². The minimum absolute atomic E-state index is 0.213. The first-order valence-electron chi connectivity index (χ1n) is 9.82. The van der Waals surface area contributed by atoms with Gasteiger partial charge in [-0.25, -0.2) is 4.79 Å². The molecule has 1 saturated heterocycles. The zero-order chi connectivity index (χ0) is 18.1. The van der Waals surface area contributed by atoms with E-state index in [1.807, 2.05) is 20.8 Å². The van der Waals surface area contributed by atoms with Gasteiger partial charge in [-0.2, -0.15) is 0 Å². The Balaban J connectivity index is 1.46. The van der Waals surface area contributed by atoms with Gasteiger partial charge in [0, 0.05) is 25.8 Å². The highest BCUT2D eigenvalue weighted by Gasteiger charge is 2.25. The molecule has 2 aliphatic rings. The highest BCUT2D eigenvalue weighted by atomic mass is 16.6. The van der Waals surface area contributed by atoms with Crippen LogP contribution in [0.2, 0.25) is 0 Å². The number of ether oxygens (including phenoxy) is 3. The average molecular weight is 357 g/mol. The summed E-state index contributed by atoms with van der Waals surface area (Å²) in [6.45, 7) is 10.3. The lowest BCUT2D eigenvalue weighted by Gasteiger charge is -2.30. The van der Waals surface area contributed by atoms with Crippen molar-refractivity contribution in [3.63, 3.8) is 0 Å². The first-order valence-corrected chi connectivity index (χ1v) is 9.82. The van der Waals surface area contributed by atoms with Crippen molar-refractivity contribution in [2.24, 2.45) is 5.92 Å². The largest absolute Gasteiger partial charge is 0.444 e. The predicted octanol–water partition coefficient (Wildman–Crippen LogP) is 2.86. The van der Waals surface area contributed by atoms with E-state index in [1.54, 1.807) is 0 Å². The lowest BCUT2D eigenvalue weighted by molar-refractivity contribution is 0.0170. The van der Waals surface area contributed by atoms with Crippen LogP contribution in [0.15, 0.2) is 0 Å². The molecule has 0 bridgehead atoms. The number of rotatable bonds is 8. The second-order valence-electron chi connectivity index (χ2n) is 8.28. The van der Waals surface area contributed by atoms with Crippen molar-refractivity contribution in [3.8, 4) is 0 Å². The van der Waals surface area contributed by atoms with Gasteiger partial charge in [0.1, 0.15) is 5.60 Å². The van der Waals surface area contributed by atoms with E-state index in [-0.39, 0.29) is 12.1 Å². The van der Waals surface area contributed by atoms with Crippen LogP contribution in [-0.4, -0.2) is 56.8 Å². The molecule has 6 nitrogen and oxygen atoms in total. The van der Waals surface area contributed by atoms with Gasteiger partial charge in [0.2, 0.25) is 0 Å². The van der Waals surface area contributed by atoms with Gasteiger partial charge < -0.3 is 24.8 Å². The molecule has 1 atom stereocenters. The first-order chi connectivity index (χ1) is 11.9. The van der Waals surface area contributed by atoms with Crippen LogP contribution >= 0.6 is 0 Å². The van der Waals surface area contributed by atoms with Crippen molar-refractivity contribution in [3.05, 3.63) is 0 Å². The lowest BCUT2D eigenvalue weighted by Crippen LogP contribution is -2.41. The third-order valence-electron chi connectivity index (χ3n) is 4.70. The maximum absolute atomic E-state index is 11.8. The molecule has 0 spiro atoms. The fourth-order valence-electron chi connectivity index (χ4n) is 3.35. The first kappa shape index (κ1) is 20.5. The fraction of sp³-hybridized carbons (Fsp3) is 0.947. The molecule has 0 radical (unpaired) electrons.